The first-order valence-electron chi connectivity index (χ1n) is 7.23. The molecule has 22 heavy (non-hydrogen) atoms. The maximum absolute atomic E-state index is 5.49. The number of aryl methyl sites for hydroxylation is 2. The monoisotopic (exact) mass is 294 g/mol. The van der Waals surface area contributed by atoms with E-state index in [-0.39, 0.29) is 0 Å². The van der Waals surface area contributed by atoms with Crippen LogP contribution in [0.5, 0.6) is 5.75 Å². The van der Waals surface area contributed by atoms with E-state index in [2.05, 4.69) is 22.8 Å². The molecule has 2 heterocycles. The number of nitrogens with zero attached hydrogens (tertiary/aromatic N) is 2. The highest BCUT2D eigenvalue weighted by Gasteiger charge is 2.14. The molecular weight excluding hydrogens is 276 g/mol. The number of hydrogen-bond donors (Lipinski definition) is 0. The molecule has 2 aromatic heterocycles. The van der Waals surface area contributed by atoms with Gasteiger partial charge in [-0.25, -0.2) is 0 Å². The van der Waals surface area contributed by atoms with Gasteiger partial charge in [-0.1, -0.05) is 17.3 Å². The van der Waals surface area contributed by atoms with E-state index in [9.17, 15) is 0 Å². The molecule has 0 saturated heterocycles. The normalized spacial score (nSPS) is 10.8. The van der Waals surface area contributed by atoms with Gasteiger partial charge in [0.25, 0.3) is 0 Å². The van der Waals surface area contributed by atoms with Crippen molar-refractivity contribution in [2.24, 2.45) is 0 Å². The van der Waals surface area contributed by atoms with E-state index >= 15 is 0 Å². The number of methoxy groups -OCH3 is 1. The molecule has 0 atom stereocenters. The van der Waals surface area contributed by atoms with Gasteiger partial charge < -0.3 is 9.26 Å². The summed E-state index contributed by atoms with van der Waals surface area (Å²) in [7, 11) is 1.65. The van der Waals surface area contributed by atoms with Crippen LogP contribution in [-0.2, 0) is 6.42 Å². The second-order valence-electron chi connectivity index (χ2n) is 5.21. The van der Waals surface area contributed by atoms with Crippen molar-refractivity contribution in [1.82, 2.24) is 10.1 Å². The fraction of sp³-hybridized carbons (Fsp3) is 0.222. The molecule has 0 unspecified atom stereocenters. The topological polar surface area (TPSA) is 48.2 Å². The SMILES string of the molecule is C=CCCc1cc(-c2cc3ccc(C)nc3cc2OC)on1. The van der Waals surface area contributed by atoms with E-state index in [4.69, 9.17) is 9.26 Å². The molecule has 0 spiro atoms. The minimum absolute atomic E-state index is 0.707. The second-order valence-corrected chi connectivity index (χ2v) is 5.21. The van der Waals surface area contributed by atoms with Gasteiger partial charge in [-0.15, -0.1) is 6.58 Å². The van der Waals surface area contributed by atoms with Gasteiger partial charge in [0.1, 0.15) is 5.75 Å². The molecule has 0 aliphatic heterocycles. The van der Waals surface area contributed by atoms with Crippen LogP contribution in [0.15, 0.2) is 47.5 Å². The van der Waals surface area contributed by atoms with Gasteiger partial charge in [0.2, 0.25) is 0 Å². The molecule has 4 nitrogen and oxygen atoms in total. The Balaban J connectivity index is 2.06. The predicted octanol–water partition coefficient (Wildman–Crippen LogP) is 4.33. The Labute approximate surface area is 129 Å². The van der Waals surface area contributed by atoms with Crippen molar-refractivity contribution in [3.63, 3.8) is 0 Å². The van der Waals surface area contributed by atoms with Crippen LogP contribution >= 0.6 is 0 Å². The van der Waals surface area contributed by atoms with Gasteiger partial charge in [0.05, 0.1) is 23.9 Å². The van der Waals surface area contributed by atoms with Crippen molar-refractivity contribution >= 4 is 10.9 Å². The molecule has 0 aliphatic carbocycles. The Morgan fingerprint density at radius 3 is 2.91 bits per heavy atom. The minimum Gasteiger partial charge on any atom is -0.496 e. The van der Waals surface area contributed by atoms with Crippen molar-refractivity contribution in [2.45, 2.75) is 19.8 Å². The molecule has 112 valence electrons. The number of hydrogen-bond acceptors (Lipinski definition) is 4. The van der Waals surface area contributed by atoms with Gasteiger partial charge in [-0.05, 0) is 31.9 Å². The molecule has 0 radical (unpaired) electrons. The van der Waals surface area contributed by atoms with E-state index < -0.39 is 0 Å². The zero-order chi connectivity index (χ0) is 15.5. The third-order valence-corrected chi connectivity index (χ3v) is 3.58. The maximum atomic E-state index is 5.49. The predicted molar refractivity (Wildman–Crippen MR) is 87.0 cm³/mol. The van der Waals surface area contributed by atoms with Crippen LogP contribution in [0.4, 0.5) is 0 Å². The maximum Gasteiger partial charge on any atom is 0.170 e. The zero-order valence-electron chi connectivity index (χ0n) is 12.8. The number of fused-ring (bicyclic) bond motifs is 1. The zero-order valence-corrected chi connectivity index (χ0v) is 12.8. The van der Waals surface area contributed by atoms with Crippen molar-refractivity contribution in [2.75, 3.05) is 7.11 Å². The van der Waals surface area contributed by atoms with E-state index in [0.717, 1.165) is 46.4 Å². The molecule has 1 aromatic carbocycles. The number of allylic oxidation sites excluding steroid dienone is 1. The summed E-state index contributed by atoms with van der Waals surface area (Å²) in [4.78, 5) is 4.53. The van der Waals surface area contributed by atoms with Crippen LogP contribution in [0.25, 0.3) is 22.2 Å². The lowest BCUT2D eigenvalue weighted by molar-refractivity contribution is 0.404. The fourth-order valence-corrected chi connectivity index (χ4v) is 2.42. The average Bonchev–Trinajstić information content (AvgIpc) is 3.00. The van der Waals surface area contributed by atoms with Crippen LogP contribution in [0.2, 0.25) is 0 Å². The molecule has 0 amide bonds. The highest BCUT2D eigenvalue weighted by atomic mass is 16.5. The smallest absolute Gasteiger partial charge is 0.170 e. The van der Waals surface area contributed by atoms with Crippen LogP contribution in [0.1, 0.15) is 17.8 Å². The third kappa shape index (κ3) is 2.72. The van der Waals surface area contributed by atoms with E-state index in [0.29, 0.717) is 5.76 Å². The number of benzene rings is 1. The minimum atomic E-state index is 0.707. The second kappa shape index (κ2) is 6.02. The molecule has 0 saturated carbocycles. The average molecular weight is 294 g/mol. The number of ether oxygens (including phenoxy) is 1. The first kappa shape index (κ1) is 14.3. The lowest BCUT2D eigenvalue weighted by Crippen LogP contribution is -1.90. The van der Waals surface area contributed by atoms with Gasteiger partial charge >= 0.3 is 0 Å². The van der Waals surface area contributed by atoms with Gasteiger partial charge in [-0.3, -0.25) is 4.98 Å². The van der Waals surface area contributed by atoms with Crippen molar-refractivity contribution in [1.29, 1.82) is 0 Å². The first-order chi connectivity index (χ1) is 10.7. The lowest BCUT2D eigenvalue weighted by Gasteiger charge is -2.08. The number of pyridine rings is 1. The highest BCUT2D eigenvalue weighted by Crippen LogP contribution is 2.34. The van der Waals surface area contributed by atoms with Gasteiger partial charge in [0, 0.05) is 23.2 Å². The van der Waals surface area contributed by atoms with E-state index in [1.165, 1.54) is 0 Å². The quantitative estimate of drug-likeness (QED) is 0.657. The molecule has 0 bridgehead atoms. The summed E-state index contributed by atoms with van der Waals surface area (Å²) in [6.45, 7) is 5.70. The molecule has 0 fully saturated rings. The standard InChI is InChI=1S/C18H18N2O2/c1-4-5-6-14-10-18(22-20-14)15-9-13-8-7-12(2)19-16(13)11-17(15)21-3/h4,7-11H,1,5-6H2,2-3H3. The molecule has 0 aliphatic rings. The van der Waals surface area contributed by atoms with Crippen LogP contribution in [0, 0.1) is 6.92 Å². The summed E-state index contributed by atoms with van der Waals surface area (Å²) in [5.41, 5.74) is 3.69. The Bertz CT molecular complexity index is 821. The Morgan fingerprint density at radius 1 is 1.27 bits per heavy atom. The van der Waals surface area contributed by atoms with E-state index in [1.807, 2.05) is 37.3 Å². The van der Waals surface area contributed by atoms with Gasteiger partial charge in [-0.2, -0.15) is 0 Å². The summed E-state index contributed by atoms with van der Waals surface area (Å²) >= 11 is 0. The summed E-state index contributed by atoms with van der Waals surface area (Å²) < 4.78 is 11.0. The van der Waals surface area contributed by atoms with Crippen molar-refractivity contribution in [3.8, 4) is 17.1 Å². The highest BCUT2D eigenvalue weighted by molar-refractivity contribution is 5.87. The molecule has 3 aromatic rings. The molecular formula is C18H18N2O2. The summed E-state index contributed by atoms with van der Waals surface area (Å²) in [5, 5.41) is 5.15. The number of rotatable bonds is 5. The largest absolute Gasteiger partial charge is 0.496 e. The third-order valence-electron chi connectivity index (χ3n) is 3.58. The Morgan fingerprint density at radius 2 is 2.14 bits per heavy atom. The summed E-state index contributed by atoms with van der Waals surface area (Å²) in [6, 6.07) is 9.96. The van der Waals surface area contributed by atoms with Crippen LogP contribution in [-0.4, -0.2) is 17.3 Å². The van der Waals surface area contributed by atoms with Crippen molar-refractivity contribution in [3.05, 3.63) is 54.4 Å². The van der Waals surface area contributed by atoms with Crippen LogP contribution in [0.3, 0.4) is 0 Å². The Hall–Kier alpha value is -2.62. The van der Waals surface area contributed by atoms with Gasteiger partial charge in [0.15, 0.2) is 5.76 Å². The first-order valence-corrected chi connectivity index (χ1v) is 7.23. The number of aromatic nitrogens is 2. The molecule has 0 N–H and O–H groups in total. The van der Waals surface area contributed by atoms with Crippen molar-refractivity contribution < 1.29 is 9.26 Å². The lowest BCUT2D eigenvalue weighted by atomic mass is 10.1. The summed E-state index contributed by atoms with van der Waals surface area (Å²) in [6.07, 6.45) is 3.58. The molecule has 4 heteroatoms. The van der Waals surface area contributed by atoms with E-state index in [1.54, 1.807) is 7.11 Å². The molecule has 3 rings (SSSR count). The van der Waals surface area contributed by atoms with Crippen LogP contribution < -0.4 is 4.74 Å². The Kier molecular flexibility index (Phi) is 3.92. The fourth-order valence-electron chi connectivity index (χ4n) is 2.42. The summed E-state index contributed by atoms with van der Waals surface area (Å²) in [5.74, 6) is 1.44.